The van der Waals surface area contributed by atoms with E-state index in [0.717, 1.165) is 41.9 Å². The zero-order chi connectivity index (χ0) is 17.6. The second kappa shape index (κ2) is 5.85. The van der Waals surface area contributed by atoms with Gasteiger partial charge in [-0.05, 0) is 39.7 Å². The second-order valence-electron chi connectivity index (χ2n) is 7.28. The van der Waals surface area contributed by atoms with Crippen LogP contribution in [0.25, 0.3) is 11.0 Å². The van der Waals surface area contributed by atoms with Crippen LogP contribution >= 0.6 is 0 Å². The average Bonchev–Trinajstić information content (AvgIpc) is 2.93. The van der Waals surface area contributed by atoms with Crippen molar-refractivity contribution < 1.29 is 9.52 Å². The first kappa shape index (κ1) is 16.1. The maximum Gasteiger partial charge on any atom is 0.223 e. The summed E-state index contributed by atoms with van der Waals surface area (Å²) in [6, 6.07) is 8.31. The molecule has 5 nitrogen and oxygen atoms in total. The number of anilines is 1. The molecule has 0 spiro atoms. The zero-order valence-corrected chi connectivity index (χ0v) is 14.8. The van der Waals surface area contributed by atoms with Crippen molar-refractivity contribution in [3.05, 3.63) is 53.0 Å². The molecule has 1 aliphatic rings. The van der Waals surface area contributed by atoms with Crippen LogP contribution in [0.15, 0.2) is 34.9 Å². The molecule has 0 radical (unpaired) electrons. The Labute approximate surface area is 147 Å². The van der Waals surface area contributed by atoms with Gasteiger partial charge in [0.1, 0.15) is 11.3 Å². The maximum absolute atomic E-state index is 10.2. The van der Waals surface area contributed by atoms with Crippen molar-refractivity contribution in [1.29, 1.82) is 0 Å². The number of hydrogen-bond acceptors (Lipinski definition) is 5. The third-order valence-electron chi connectivity index (χ3n) is 4.90. The molecule has 0 unspecified atom stereocenters. The van der Waals surface area contributed by atoms with Gasteiger partial charge in [0.2, 0.25) is 5.95 Å². The lowest BCUT2D eigenvalue weighted by molar-refractivity contribution is 0.0771. The highest BCUT2D eigenvalue weighted by Crippen LogP contribution is 2.39. The van der Waals surface area contributed by atoms with Crippen molar-refractivity contribution in [2.45, 2.75) is 51.7 Å². The molecular formula is C20H23N3O2. The number of furan rings is 1. The van der Waals surface area contributed by atoms with Gasteiger partial charge >= 0.3 is 0 Å². The van der Waals surface area contributed by atoms with E-state index < -0.39 is 5.60 Å². The van der Waals surface area contributed by atoms with Gasteiger partial charge in [0.15, 0.2) is 0 Å². The van der Waals surface area contributed by atoms with E-state index in [0.29, 0.717) is 5.95 Å². The number of nitrogens with one attached hydrogen (secondary N) is 1. The lowest BCUT2D eigenvalue weighted by Crippen LogP contribution is -2.21. The Kier molecular flexibility index (Phi) is 3.76. The molecule has 1 aliphatic carbocycles. The van der Waals surface area contributed by atoms with Crippen LogP contribution in [-0.2, 0) is 12.0 Å². The van der Waals surface area contributed by atoms with Gasteiger partial charge in [-0.25, -0.2) is 9.97 Å². The van der Waals surface area contributed by atoms with Crippen molar-refractivity contribution >= 4 is 16.9 Å². The van der Waals surface area contributed by atoms with Crippen molar-refractivity contribution in [2.75, 3.05) is 5.32 Å². The fourth-order valence-electron chi connectivity index (χ4n) is 3.73. The Morgan fingerprint density at radius 3 is 2.84 bits per heavy atom. The number of rotatable bonds is 3. The van der Waals surface area contributed by atoms with E-state index in [1.807, 2.05) is 25.1 Å². The highest BCUT2D eigenvalue weighted by molar-refractivity contribution is 5.83. The number of aryl methyl sites for hydroxylation is 2. The van der Waals surface area contributed by atoms with E-state index in [9.17, 15) is 5.11 Å². The lowest BCUT2D eigenvalue weighted by Gasteiger charge is -2.24. The summed E-state index contributed by atoms with van der Waals surface area (Å²) in [5.41, 5.74) is 2.76. The van der Waals surface area contributed by atoms with Gasteiger partial charge in [0.25, 0.3) is 0 Å². The number of benzene rings is 1. The summed E-state index contributed by atoms with van der Waals surface area (Å²) in [7, 11) is 0. The Hall–Kier alpha value is -2.40. The number of fused-ring (bicyclic) bond motifs is 3. The van der Waals surface area contributed by atoms with E-state index >= 15 is 0 Å². The van der Waals surface area contributed by atoms with Gasteiger partial charge < -0.3 is 14.8 Å². The average molecular weight is 337 g/mol. The number of aliphatic hydroxyl groups is 1. The Bertz CT molecular complexity index is 924. The highest BCUT2D eigenvalue weighted by atomic mass is 16.3. The molecule has 0 fully saturated rings. The molecule has 25 heavy (non-hydrogen) atoms. The van der Waals surface area contributed by atoms with Crippen molar-refractivity contribution in [3.63, 3.8) is 0 Å². The molecular weight excluding hydrogens is 314 g/mol. The maximum atomic E-state index is 10.2. The third-order valence-corrected chi connectivity index (χ3v) is 4.90. The molecule has 2 aromatic heterocycles. The Morgan fingerprint density at radius 1 is 1.28 bits per heavy atom. The summed E-state index contributed by atoms with van der Waals surface area (Å²) >= 11 is 0. The monoisotopic (exact) mass is 337 g/mol. The van der Waals surface area contributed by atoms with Crippen LogP contribution in [0.2, 0.25) is 0 Å². The fourth-order valence-corrected chi connectivity index (χ4v) is 3.73. The molecule has 2 N–H and O–H groups in total. The van der Waals surface area contributed by atoms with E-state index in [-0.39, 0.29) is 6.04 Å². The van der Waals surface area contributed by atoms with Crippen LogP contribution in [0.5, 0.6) is 0 Å². The summed E-state index contributed by atoms with van der Waals surface area (Å²) in [5.74, 6) is 1.66. The first-order valence-electron chi connectivity index (χ1n) is 8.77. The topological polar surface area (TPSA) is 71.2 Å². The molecule has 0 saturated carbocycles. The molecule has 3 aromatic rings. The number of nitrogens with zero attached hydrogens (tertiary/aromatic N) is 2. The normalized spacial score (nSPS) is 17.5. The number of aromatic nitrogens is 2. The van der Waals surface area contributed by atoms with Crippen molar-refractivity contribution in [3.8, 4) is 0 Å². The quantitative estimate of drug-likeness (QED) is 0.747. The van der Waals surface area contributed by atoms with Crippen LogP contribution in [0.3, 0.4) is 0 Å². The van der Waals surface area contributed by atoms with Crippen LogP contribution in [0.1, 0.15) is 55.3 Å². The molecule has 2 heterocycles. The number of hydrogen-bond donors (Lipinski definition) is 2. The summed E-state index contributed by atoms with van der Waals surface area (Å²) in [6.07, 6.45) is 4.78. The Morgan fingerprint density at radius 2 is 2.08 bits per heavy atom. The van der Waals surface area contributed by atoms with E-state index in [1.165, 1.54) is 10.9 Å². The van der Waals surface area contributed by atoms with Crippen LogP contribution < -0.4 is 5.32 Å². The first-order chi connectivity index (χ1) is 11.9. The molecule has 0 saturated heterocycles. The second-order valence-corrected chi connectivity index (χ2v) is 7.28. The van der Waals surface area contributed by atoms with E-state index in [4.69, 9.17) is 4.42 Å². The van der Waals surface area contributed by atoms with Crippen LogP contribution in [0.4, 0.5) is 5.95 Å². The minimum atomic E-state index is -0.943. The zero-order valence-electron chi connectivity index (χ0n) is 14.8. The minimum absolute atomic E-state index is 0.139. The standard InChI is InChI=1S/C20H23N3O2/c1-12-14(20(2,3)24)11-21-19(22-12)23-15-8-6-10-17-18(15)13-7-4-5-9-16(13)25-17/h4-5,7,9,11,15,24H,6,8,10H2,1-3H3,(H,21,22,23)/t15-/m1/s1. The highest BCUT2D eigenvalue weighted by Gasteiger charge is 2.27. The minimum Gasteiger partial charge on any atom is -0.461 e. The number of para-hydroxylation sites is 1. The van der Waals surface area contributed by atoms with E-state index in [2.05, 4.69) is 21.4 Å². The van der Waals surface area contributed by atoms with Crippen LogP contribution in [-0.4, -0.2) is 15.1 Å². The van der Waals surface area contributed by atoms with Gasteiger partial charge in [0.05, 0.1) is 11.6 Å². The largest absolute Gasteiger partial charge is 0.461 e. The predicted molar refractivity (Wildman–Crippen MR) is 97.5 cm³/mol. The molecule has 5 heteroatoms. The predicted octanol–water partition coefficient (Wildman–Crippen LogP) is 4.25. The van der Waals surface area contributed by atoms with Gasteiger partial charge in [-0.1, -0.05) is 18.2 Å². The third kappa shape index (κ3) is 2.89. The molecule has 1 atom stereocenters. The summed E-state index contributed by atoms with van der Waals surface area (Å²) < 4.78 is 6.03. The van der Waals surface area contributed by atoms with Gasteiger partial charge in [-0.15, -0.1) is 0 Å². The van der Waals surface area contributed by atoms with Gasteiger partial charge in [-0.3, -0.25) is 0 Å². The van der Waals surface area contributed by atoms with Crippen LogP contribution in [0, 0.1) is 6.92 Å². The Balaban J connectivity index is 1.68. The molecule has 4 rings (SSSR count). The fraction of sp³-hybridized carbons (Fsp3) is 0.400. The van der Waals surface area contributed by atoms with Gasteiger partial charge in [-0.2, -0.15) is 0 Å². The molecule has 0 amide bonds. The summed E-state index contributed by atoms with van der Waals surface area (Å²) in [6.45, 7) is 5.40. The van der Waals surface area contributed by atoms with Crippen molar-refractivity contribution in [2.24, 2.45) is 0 Å². The molecule has 0 aliphatic heterocycles. The van der Waals surface area contributed by atoms with E-state index in [1.54, 1.807) is 20.0 Å². The molecule has 0 bridgehead atoms. The SMILES string of the molecule is Cc1nc(N[C@@H]2CCCc3oc4ccccc4c32)ncc1C(C)(C)O. The lowest BCUT2D eigenvalue weighted by atomic mass is 9.91. The molecule has 1 aromatic carbocycles. The summed E-state index contributed by atoms with van der Waals surface area (Å²) in [4.78, 5) is 8.98. The first-order valence-corrected chi connectivity index (χ1v) is 8.77. The molecule has 130 valence electrons. The summed E-state index contributed by atoms with van der Waals surface area (Å²) in [5, 5.41) is 14.8. The van der Waals surface area contributed by atoms with Crippen molar-refractivity contribution in [1.82, 2.24) is 9.97 Å². The van der Waals surface area contributed by atoms with Gasteiger partial charge in [0, 0.05) is 34.8 Å². The smallest absolute Gasteiger partial charge is 0.223 e.